The zero-order valence-electron chi connectivity index (χ0n) is 55.2. The molecule has 0 saturated carbocycles. The quantitative estimate of drug-likeness (QED) is 0.0261. The van der Waals surface area contributed by atoms with Crippen LogP contribution in [0.4, 0.5) is 0 Å². The summed E-state index contributed by atoms with van der Waals surface area (Å²) in [6.07, 6.45) is 95.3. The van der Waals surface area contributed by atoms with Crippen molar-refractivity contribution in [3.63, 3.8) is 0 Å². The van der Waals surface area contributed by atoms with Crippen LogP contribution >= 0.6 is 0 Å². The predicted octanol–water partition coefficient (Wildman–Crippen LogP) is 25.0. The van der Waals surface area contributed by atoms with E-state index in [9.17, 15) is 14.4 Å². The molecule has 1 atom stereocenters. The number of carbonyl (C=O) groups excluding carboxylic acids is 3. The number of carbonyl (C=O) groups is 3. The largest absolute Gasteiger partial charge is 0.462 e. The normalized spacial score (nSPS) is 12.6. The van der Waals surface area contributed by atoms with Crippen molar-refractivity contribution in [1.82, 2.24) is 0 Å². The van der Waals surface area contributed by atoms with E-state index < -0.39 is 6.10 Å². The van der Waals surface area contributed by atoms with E-state index in [1.165, 1.54) is 225 Å². The minimum absolute atomic E-state index is 0.0736. The van der Waals surface area contributed by atoms with Gasteiger partial charge >= 0.3 is 17.9 Å². The van der Waals surface area contributed by atoms with Gasteiger partial charge in [0, 0.05) is 19.3 Å². The highest BCUT2D eigenvalue weighted by molar-refractivity contribution is 5.71. The summed E-state index contributed by atoms with van der Waals surface area (Å²) in [5.74, 6) is -0.872. The Hall–Kier alpha value is -3.41. The topological polar surface area (TPSA) is 78.9 Å². The van der Waals surface area contributed by atoms with Crippen LogP contribution in [0.1, 0.15) is 367 Å². The molecule has 0 bridgehead atoms. The number of allylic oxidation sites excluding steroid dienone is 14. The van der Waals surface area contributed by atoms with Gasteiger partial charge in [0.2, 0.25) is 0 Å². The highest BCUT2D eigenvalue weighted by atomic mass is 16.6. The molecule has 0 N–H and O–H groups in total. The van der Waals surface area contributed by atoms with Crippen LogP contribution in [-0.2, 0) is 28.6 Å². The maximum Gasteiger partial charge on any atom is 0.306 e. The van der Waals surface area contributed by atoms with Gasteiger partial charge in [0.15, 0.2) is 6.10 Å². The molecule has 0 aliphatic carbocycles. The van der Waals surface area contributed by atoms with Crippen molar-refractivity contribution in [3.05, 3.63) is 85.1 Å². The summed E-state index contributed by atoms with van der Waals surface area (Å²) >= 11 is 0. The molecule has 0 amide bonds. The minimum Gasteiger partial charge on any atom is -0.462 e. The van der Waals surface area contributed by atoms with E-state index in [0.717, 1.165) is 103 Å². The van der Waals surface area contributed by atoms with E-state index in [4.69, 9.17) is 14.2 Å². The van der Waals surface area contributed by atoms with E-state index in [2.05, 4.69) is 106 Å². The maximum atomic E-state index is 12.9. The van der Waals surface area contributed by atoms with E-state index in [1.807, 2.05) is 0 Å². The molecule has 0 heterocycles. The maximum absolute atomic E-state index is 12.9. The van der Waals surface area contributed by atoms with Crippen molar-refractivity contribution in [1.29, 1.82) is 0 Å². The van der Waals surface area contributed by atoms with Crippen molar-refractivity contribution in [2.24, 2.45) is 0 Å². The molecule has 0 aromatic heterocycles. The summed E-state index contributed by atoms with van der Waals surface area (Å²) in [4.78, 5) is 38.1. The Labute approximate surface area is 515 Å². The van der Waals surface area contributed by atoms with Crippen LogP contribution in [0.2, 0.25) is 0 Å². The molecule has 6 heteroatoms. The molecular weight excluding hydrogens is 1020 g/mol. The molecule has 6 nitrogen and oxygen atoms in total. The second-order valence-electron chi connectivity index (χ2n) is 24.1. The first-order valence-electron chi connectivity index (χ1n) is 36.1. The Balaban J connectivity index is 3.96. The van der Waals surface area contributed by atoms with Gasteiger partial charge in [-0.25, -0.2) is 0 Å². The van der Waals surface area contributed by atoms with Crippen LogP contribution in [-0.4, -0.2) is 37.2 Å². The first kappa shape index (κ1) is 79.6. The summed E-state index contributed by atoms with van der Waals surface area (Å²) in [7, 11) is 0. The van der Waals surface area contributed by atoms with Crippen molar-refractivity contribution in [2.75, 3.05) is 13.2 Å². The fourth-order valence-corrected chi connectivity index (χ4v) is 10.5. The Kier molecular flexibility index (Phi) is 68.2. The van der Waals surface area contributed by atoms with Gasteiger partial charge in [-0.2, -0.15) is 0 Å². The molecule has 0 aliphatic heterocycles. The van der Waals surface area contributed by atoms with Gasteiger partial charge in [0.1, 0.15) is 13.2 Å². The predicted molar refractivity (Wildman–Crippen MR) is 362 cm³/mol. The smallest absolute Gasteiger partial charge is 0.306 e. The lowest BCUT2D eigenvalue weighted by molar-refractivity contribution is -0.167. The third-order valence-corrected chi connectivity index (χ3v) is 15.9. The van der Waals surface area contributed by atoms with Gasteiger partial charge < -0.3 is 14.2 Å². The second kappa shape index (κ2) is 71.1. The Morgan fingerprint density at radius 1 is 0.253 bits per heavy atom. The Morgan fingerprint density at radius 2 is 0.470 bits per heavy atom. The second-order valence-corrected chi connectivity index (χ2v) is 24.1. The Bertz CT molecular complexity index is 1570. The third-order valence-electron chi connectivity index (χ3n) is 15.9. The lowest BCUT2D eigenvalue weighted by atomic mass is 10.0. The summed E-state index contributed by atoms with van der Waals surface area (Å²) in [5.41, 5.74) is 0. The third kappa shape index (κ3) is 69.3. The summed E-state index contributed by atoms with van der Waals surface area (Å²) in [6.45, 7) is 6.49. The Morgan fingerprint density at radius 3 is 0.747 bits per heavy atom. The van der Waals surface area contributed by atoms with Crippen LogP contribution in [0.5, 0.6) is 0 Å². The monoisotopic (exact) mass is 1160 g/mol. The van der Waals surface area contributed by atoms with Crippen molar-refractivity contribution in [2.45, 2.75) is 374 Å². The van der Waals surface area contributed by atoms with E-state index in [1.54, 1.807) is 0 Å². The lowest BCUT2D eigenvalue weighted by Gasteiger charge is -2.18. The molecule has 0 aliphatic rings. The standard InChI is InChI=1S/C77H136O6/c1-4-7-10-13-15-17-19-21-23-25-27-29-31-33-35-37-38-40-41-43-45-47-49-51-53-55-57-59-61-64-67-70-76(79)82-73-74(72-81-75(78)69-66-63-12-9-6-3)83-77(80)71-68-65-62-60-58-56-54-52-50-48-46-44-42-39-36-34-32-30-28-26-24-22-20-18-16-14-11-8-5-2/h7,10,15,17,21,23,26-29,33,35,38,40,74H,4-6,8-9,11-14,16,18-20,22,24-25,30-32,34,36-37,39,41-73H2,1-3H3/b10-7-,17-15-,23-21-,28-26-,29-27-,35-33-,40-38-. The number of esters is 3. The number of unbranched alkanes of at least 4 members (excludes halogenated alkanes) is 41. The van der Waals surface area contributed by atoms with E-state index >= 15 is 0 Å². The van der Waals surface area contributed by atoms with Crippen molar-refractivity contribution in [3.8, 4) is 0 Å². The zero-order valence-corrected chi connectivity index (χ0v) is 55.2. The van der Waals surface area contributed by atoms with Crippen LogP contribution in [0.15, 0.2) is 85.1 Å². The van der Waals surface area contributed by atoms with Crippen LogP contribution < -0.4 is 0 Å². The van der Waals surface area contributed by atoms with Gasteiger partial charge in [0.25, 0.3) is 0 Å². The fourth-order valence-electron chi connectivity index (χ4n) is 10.5. The molecule has 0 spiro atoms. The van der Waals surface area contributed by atoms with Crippen LogP contribution in [0.3, 0.4) is 0 Å². The van der Waals surface area contributed by atoms with Crippen molar-refractivity contribution < 1.29 is 28.6 Å². The van der Waals surface area contributed by atoms with Crippen LogP contribution in [0, 0.1) is 0 Å². The molecule has 0 aromatic carbocycles. The zero-order chi connectivity index (χ0) is 59.9. The van der Waals surface area contributed by atoms with Crippen LogP contribution in [0.25, 0.3) is 0 Å². The SMILES string of the molecule is CC/C=C\C/C=C\C/C=C\C/C=C\C/C=C\C/C=C\CCCCCCCCCCCCCCC(=O)OCC(COC(=O)CCCCCCC)OC(=O)CCCCCCCCCCCCCCCCCCC/C=C\CCCCCCCCCC. The highest BCUT2D eigenvalue weighted by Gasteiger charge is 2.19. The molecule has 0 radical (unpaired) electrons. The van der Waals surface area contributed by atoms with E-state index in [-0.39, 0.29) is 31.1 Å². The van der Waals surface area contributed by atoms with Gasteiger partial charge in [-0.1, -0.05) is 337 Å². The molecule has 0 saturated heterocycles. The molecule has 0 rings (SSSR count). The van der Waals surface area contributed by atoms with E-state index in [0.29, 0.717) is 19.3 Å². The summed E-state index contributed by atoms with van der Waals surface area (Å²) in [6, 6.07) is 0. The molecule has 0 aromatic rings. The van der Waals surface area contributed by atoms with Gasteiger partial charge in [-0.05, 0) is 96.3 Å². The number of hydrogen-bond donors (Lipinski definition) is 0. The molecular formula is C77H136O6. The first-order chi connectivity index (χ1) is 41.0. The average Bonchev–Trinajstić information content (AvgIpc) is 3.49. The number of ether oxygens (including phenoxy) is 3. The fraction of sp³-hybridized carbons (Fsp3) is 0.779. The summed E-state index contributed by atoms with van der Waals surface area (Å²) in [5, 5.41) is 0. The molecule has 1 unspecified atom stereocenters. The summed E-state index contributed by atoms with van der Waals surface area (Å²) < 4.78 is 16.8. The molecule has 0 fully saturated rings. The highest BCUT2D eigenvalue weighted by Crippen LogP contribution is 2.18. The van der Waals surface area contributed by atoms with Crippen molar-refractivity contribution >= 4 is 17.9 Å². The minimum atomic E-state index is -0.773. The van der Waals surface area contributed by atoms with Gasteiger partial charge in [-0.15, -0.1) is 0 Å². The molecule has 83 heavy (non-hydrogen) atoms. The number of rotatable bonds is 66. The van der Waals surface area contributed by atoms with Gasteiger partial charge in [0.05, 0.1) is 0 Å². The average molecular weight is 1160 g/mol. The molecule has 480 valence electrons. The first-order valence-corrected chi connectivity index (χ1v) is 36.1. The number of hydrogen-bond acceptors (Lipinski definition) is 6. The van der Waals surface area contributed by atoms with Gasteiger partial charge in [-0.3, -0.25) is 14.4 Å². The lowest BCUT2D eigenvalue weighted by Crippen LogP contribution is -2.30.